The van der Waals surface area contributed by atoms with E-state index in [1.54, 1.807) is 18.2 Å². The zero-order valence-corrected chi connectivity index (χ0v) is 14.1. The van der Waals surface area contributed by atoms with E-state index in [0.29, 0.717) is 15.6 Å². The second-order valence-electron chi connectivity index (χ2n) is 4.49. The molecule has 0 bridgehead atoms. The van der Waals surface area contributed by atoms with Crippen LogP contribution in [0.3, 0.4) is 0 Å². The first-order valence-corrected chi connectivity index (χ1v) is 8.54. The van der Waals surface area contributed by atoms with Crippen LogP contribution in [0.4, 0.5) is 11.4 Å². The largest absolute Gasteiger partial charge is 0.295 e. The summed E-state index contributed by atoms with van der Waals surface area (Å²) in [6.07, 6.45) is 1.29. The van der Waals surface area contributed by atoms with E-state index in [0.717, 1.165) is 12.1 Å². The van der Waals surface area contributed by atoms with Crippen molar-refractivity contribution in [1.82, 2.24) is 0 Å². The topological polar surface area (TPSA) is 128 Å². The molecule has 0 saturated carbocycles. The quantitative estimate of drug-likeness (QED) is 0.462. The summed E-state index contributed by atoms with van der Waals surface area (Å²) in [6.45, 7) is 0. The highest BCUT2D eigenvalue weighted by molar-refractivity contribution is 7.89. The minimum atomic E-state index is -4.06. The van der Waals surface area contributed by atoms with Gasteiger partial charge in [0, 0.05) is 11.6 Å². The molecule has 24 heavy (non-hydrogen) atoms. The molecule has 3 N–H and O–H groups in total. The van der Waals surface area contributed by atoms with Gasteiger partial charge in [0.05, 0.1) is 26.1 Å². The number of hydrogen-bond donors (Lipinski definition) is 2. The smallest absolute Gasteiger partial charge is 0.272 e. The molecule has 0 radical (unpaired) electrons. The van der Waals surface area contributed by atoms with Gasteiger partial charge in [-0.1, -0.05) is 29.3 Å². The zero-order valence-electron chi connectivity index (χ0n) is 11.8. The van der Waals surface area contributed by atoms with Gasteiger partial charge in [-0.2, -0.15) is 5.10 Å². The van der Waals surface area contributed by atoms with E-state index < -0.39 is 20.6 Å². The normalized spacial score (nSPS) is 11.6. The average molecular weight is 389 g/mol. The summed E-state index contributed by atoms with van der Waals surface area (Å²) in [7, 11) is -4.06. The van der Waals surface area contributed by atoms with Crippen LogP contribution in [0.5, 0.6) is 0 Å². The fourth-order valence-electron chi connectivity index (χ4n) is 1.73. The third-order valence-corrected chi connectivity index (χ3v) is 4.44. The number of hydrogen-bond acceptors (Lipinski definition) is 6. The Bertz CT molecular complexity index is 911. The molecule has 0 aromatic heterocycles. The maximum absolute atomic E-state index is 11.3. The van der Waals surface area contributed by atoms with Gasteiger partial charge in [-0.05, 0) is 24.3 Å². The molecule has 0 aliphatic rings. The van der Waals surface area contributed by atoms with Gasteiger partial charge >= 0.3 is 0 Å². The predicted octanol–water partition coefficient (Wildman–Crippen LogP) is 3.00. The van der Waals surface area contributed by atoms with E-state index in [9.17, 15) is 18.5 Å². The molecule has 0 atom stereocenters. The lowest BCUT2D eigenvalue weighted by atomic mass is 10.2. The summed E-state index contributed by atoms with van der Waals surface area (Å²) >= 11 is 11.9. The van der Waals surface area contributed by atoms with E-state index in [4.69, 9.17) is 28.3 Å². The number of nitro groups is 1. The van der Waals surface area contributed by atoms with Gasteiger partial charge in [0.1, 0.15) is 5.69 Å². The third kappa shape index (κ3) is 4.20. The van der Waals surface area contributed by atoms with Gasteiger partial charge in [0.15, 0.2) is 0 Å². The van der Waals surface area contributed by atoms with Crippen molar-refractivity contribution < 1.29 is 13.3 Å². The standard InChI is InChI=1S/C13H10Cl2N4O4S/c14-10-2-1-3-11(15)9(10)7-17-18-12-5-4-8(24(16,22)23)6-13(12)19(20)21/h1-7,18H,(H2,16,22,23)/b17-7+. The van der Waals surface area contributed by atoms with Crippen molar-refractivity contribution in [3.8, 4) is 0 Å². The number of sulfonamides is 1. The molecule has 126 valence electrons. The van der Waals surface area contributed by atoms with Crippen molar-refractivity contribution in [2.75, 3.05) is 5.43 Å². The number of nitrogens with one attached hydrogen (secondary N) is 1. The van der Waals surface area contributed by atoms with Crippen LogP contribution < -0.4 is 10.6 Å². The lowest BCUT2D eigenvalue weighted by molar-refractivity contribution is -0.384. The van der Waals surface area contributed by atoms with Crippen LogP contribution in [-0.2, 0) is 10.0 Å². The van der Waals surface area contributed by atoms with E-state index in [1.165, 1.54) is 12.3 Å². The number of rotatable bonds is 5. The zero-order chi connectivity index (χ0) is 17.9. The molecule has 2 aromatic rings. The Balaban J connectivity index is 2.33. The summed E-state index contributed by atoms with van der Waals surface area (Å²) in [4.78, 5) is 9.95. The number of anilines is 1. The van der Waals surface area contributed by atoms with Crippen molar-refractivity contribution in [3.05, 3.63) is 62.1 Å². The van der Waals surface area contributed by atoms with Gasteiger partial charge in [-0.15, -0.1) is 0 Å². The second-order valence-corrected chi connectivity index (χ2v) is 6.86. The van der Waals surface area contributed by atoms with E-state index >= 15 is 0 Å². The first-order valence-electron chi connectivity index (χ1n) is 6.24. The first-order chi connectivity index (χ1) is 11.2. The maximum atomic E-state index is 11.3. The number of benzene rings is 2. The molecule has 0 heterocycles. The number of hydrazone groups is 1. The molecule has 8 nitrogen and oxygen atoms in total. The Labute approximate surface area is 147 Å². The Morgan fingerprint density at radius 3 is 2.38 bits per heavy atom. The van der Waals surface area contributed by atoms with Crippen LogP contribution in [-0.4, -0.2) is 19.6 Å². The van der Waals surface area contributed by atoms with Crippen molar-refractivity contribution in [2.45, 2.75) is 4.90 Å². The fourth-order valence-corrected chi connectivity index (χ4v) is 2.76. The molecule has 0 amide bonds. The predicted molar refractivity (Wildman–Crippen MR) is 92.1 cm³/mol. The van der Waals surface area contributed by atoms with Gasteiger partial charge in [-0.25, -0.2) is 13.6 Å². The summed E-state index contributed by atoms with van der Waals surface area (Å²) in [5.41, 5.74) is 2.36. The van der Waals surface area contributed by atoms with Crippen molar-refractivity contribution in [2.24, 2.45) is 10.2 Å². The van der Waals surface area contributed by atoms with Gasteiger partial charge in [-0.3, -0.25) is 15.5 Å². The molecule has 0 unspecified atom stereocenters. The SMILES string of the molecule is NS(=O)(=O)c1ccc(N/N=C/c2c(Cl)cccc2Cl)c([N+](=O)[O-])c1. The minimum absolute atomic E-state index is 0.0215. The number of primary sulfonamides is 1. The lowest BCUT2D eigenvalue weighted by Gasteiger charge is -2.05. The lowest BCUT2D eigenvalue weighted by Crippen LogP contribution is -2.12. The molecule has 0 aliphatic carbocycles. The molecular formula is C13H10Cl2N4O4S. The Kier molecular flexibility index (Phi) is 5.40. The minimum Gasteiger partial charge on any atom is -0.272 e. The highest BCUT2D eigenvalue weighted by Crippen LogP contribution is 2.27. The molecular weight excluding hydrogens is 379 g/mol. The van der Waals surface area contributed by atoms with Crippen LogP contribution in [0.15, 0.2) is 46.4 Å². The van der Waals surface area contributed by atoms with Crippen molar-refractivity contribution in [1.29, 1.82) is 0 Å². The van der Waals surface area contributed by atoms with Crippen LogP contribution >= 0.6 is 23.2 Å². The second kappa shape index (κ2) is 7.14. The van der Waals surface area contributed by atoms with E-state index in [1.807, 2.05) is 0 Å². The first kappa shape index (κ1) is 18.1. The Morgan fingerprint density at radius 1 is 1.21 bits per heavy atom. The molecule has 0 fully saturated rings. The Morgan fingerprint density at radius 2 is 1.83 bits per heavy atom. The molecule has 11 heteroatoms. The molecule has 2 rings (SSSR count). The number of nitrogens with two attached hydrogens (primary N) is 1. The average Bonchev–Trinajstić information content (AvgIpc) is 2.49. The maximum Gasteiger partial charge on any atom is 0.295 e. The van der Waals surface area contributed by atoms with Crippen LogP contribution in [0.1, 0.15) is 5.56 Å². The van der Waals surface area contributed by atoms with Crippen molar-refractivity contribution >= 4 is 50.8 Å². The number of nitro benzene ring substituents is 1. The number of halogens is 2. The van der Waals surface area contributed by atoms with Gasteiger partial charge < -0.3 is 0 Å². The summed E-state index contributed by atoms with van der Waals surface area (Å²) in [5, 5.41) is 20.6. The van der Waals surface area contributed by atoms with Gasteiger partial charge in [0.25, 0.3) is 5.69 Å². The highest BCUT2D eigenvalue weighted by atomic mass is 35.5. The molecule has 0 spiro atoms. The fraction of sp³-hybridized carbons (Fsp3) is 0. The molecule has 0 saturated heterocycles. The molecule has 2 aromatic carbocycles. The van der Waals surface area contributed by atoms with Crippen LogP contribution in [0.25, 0.3) is 0 Å². The Hall–Kier alpha value is -2.20. The number of nitrogens with zero attached hydrogens (tertiary/aromatic N) is 2. The van der Waals surface area contributed by atoms with Crippen LogP contribution in [0, 0.1) is 10.1 Å². The van der Waals surface area contributed by atoms with E-state index in [-0.39, 0.29) is 10.6 Å². The van der Waals surface area contributed by atoms with Gasteiger partial charge in [0.2, 0.25) is 10.0 Å². The highest BCUT2D eigenvalue weighted by Gasteiger charge is 2.18. The van der Waals surface area contributed by atoms with Crippen molar-refractivity contribution in [3.63, 3.8) is 0 Å². The summed E-state index contributed by atoms with van der Waals surface area (Å²) in [6, 6.07) is 8.03. The molecule has 0 aliphatic heterocycles. The monoisotopic (exact) mass is 388 g/mol. The summed E-state index contributed by atoms with van der Waals surface area (Å²) in [5.74, 6) is 0. The summed E-state index contributed by atoms with van der Waals surface area (Å²) < 4.78 is 22.5. The third-order valence-electron chi connectivity index (χ3n) is 2.87. The van der Waals surface area contributed by atoms with Crippen LogP contribution in [0.2, 0.25) is 10.0 Å². The van der Waals surface area contributed by atoms with E-state index in [2.05, 4.69) is 10.5 Å².